The summed E-state index contributed by atoms with van der Waals surface area (Å²) in [5.74, 6) is -0.699. The molecule has 0 saturated heterocycles. The summed E-state index contributed by atoms with van der Waals surface area (Å²) in [6.07, 6.45) is 3.77. The zero-order chi connectivity index (χ0) is 13.8. The topological polar surface area (TPSA) is 78.6 Å². The summed E-state index contributed by atoms with van der Waals surface area (Å²) in [6.45, 7) is 4.88. The first-order valence-electron chi connectivity index (χ1n) is 6.66. The third-order valence-electron chi connectivity index (χ3n) is 2.38. The molecular weight excluding hydrogens is 234 g/mol. The number of ether oxygens (including phenoxy) is 2. The molecule has 5 nitrogen and oxygen atoms in total. The molecule has 0 aromatic carbocycles. The molecule has 18 heavy (non-hydrogen) atoms. The van der Waals surface area contributed by atoms with E-state index < -0.39 is 6.04 Å². The van der Waals surface area contributed by atoms with Crippen molar-refractivity contribution in [3.8, 4) is 0 Å². The number of hydrogen-bond acceptors (Lipinski definition) is 5. The largest absolute Gasteiger partial charge is 0.466 e. The van der Waals surface area contributed by atoms with E-state index >= 15 is 0 Å². The maximum atomic E-state index is 11.3. The standard InChI is InChI=1S/C13H25NO4/c1-3-5-7-17-12(15)9-11(14)10-13(16)18-8-6-4-2/h11H,3-10,14H2,1-2H3. The van der Waals surface area contributed by atoms with Crippen molar-refractivity contribution in [3.63, 3.8) is 0 Å². The van der Waals surface area contributed by atoms with Crippen LogP contribution in [0.4, 0.5) is 0 Å². The molecular formula is C13H25NO4. The molecule has 0 aromatic heterocycles. The summed E-state index contributed by atoms with van der Waals surface area (Å²) in [6, 6.07) is -0.520. The number of carbonyl (C=O) groups excluding carboxylic acids is 2. The lowest BCUT2D eigenvalue weighted by Gasteiger charge is -2.10. The fourth-order valence-electron chi connectivity index (χ4n) is 1.28. The highest BCUT2D eigenvalue weighted by atomic mass is 16.5. The van der Waals surface area contributed by atoms with Crippen LogP contribution in [0.1, 0.15) is 52.4 Å². The van der Waals surface area contributed by atoms with Gasteiger partial charge in [-0.2, -0.15) is 0 Å². The smallest absolute Gasteiger partial charge is 0.307 e. The maximum absolute atomic E-state index is 11.3. The van der Waals surface area contributed by atoms with Crippen LogP contribution in [0.5, 0.6) is 0 Å². The van der Waals surface area contributed by atoms with Gasteiger partial charge in [0, 0.05) is 6.04 Å². The number of unbranched alkanes of at least 4 members (excludes halogenated alkanes) is 2. The van der Waals surface area contributed by atoms with Crippen molar-refractivity contribution < 1.29 is 19.1 Å². The van der Waals surface area contributed by atoms with Crippen molar-refractivity contribution in [3.05, 3.63) is 0 Å². The Morgan fingerprint density at radius 1 is 0.944 bits per heavy atom. The first-order valence-corrected chi connectivity index (χ1v) is 6.66. The third-order valence-corrected chi connectivity index (χ3v) is 2.38. The van der Waals surface area contributed by atoms with Crippen LogP contribution < -0.4 is 5.73 Å². The monoisotopic (exact) mass is 259 g/mol. The first kappa shape index (κ1) is 16.9. The molecule has 0 spiro atoms. The second-order valence-corrected chi connectivity index (χ2v) is 4.32. The predicted molar refractivity (Wildman–Crippen MR) is 68.9 cm³/mol. The van der Waals surface area contributed by atoms with Gasteiger partial charge in [-0.05, 0) is 12.8 Å². The van der Waals surface area contributed by atoms with Crippen molar-refractivity contribution in [2.45, 2.75) is 58.4 Å². The van der Waals surface area contributed by atoms with Gasteiger partial charge in [-0.15, -0.1) is 0 Å². The quantitative estimate of drug-likeness (QED) is 0.478. The van der Waals surface area contributed by atoms with E-state index in [9.17, 15) is 9.59 Å². The highest BCUT2D eigenvalue weighted by Crippen LogP contribution is 2.01. The van der Waals surface area contributed by atoms with Crippen LogP contribution in [0, 0.1) is 0 Å². The van der Waals surface area contributed by atoms with Gasteiger partial charge in [-0.3, -0.25) is 9.59 Å². The zero-order valence-electron chi connectivity index (χ0n) is 11.4. The SMILES string of the molecule is CCCCOC(=O)CC(N)CC(=O)OCCCC. The second-order valence-electron chi connectivity index (χ2n) is 4.32. The van der Waals surface area contributed by atoms with E-state index in [2.05, 4.69) is 0 Å². The van der Waals surface area contributed by atoms with Gasteiger partial charge < -0.3 is 15.2 Å². The minimum absolute atomic E-state index is 0.0621. The molecule has 0 radical (unpaired) electrons. The van der Waals surface area contributed by atoms with Crippen LogP contribution in [0.25, 0.3) is 0 Å². The maximum Gasteiger partial charge on any atom is 0.307 e. The molecule has 0 heterocycles. The minimum Gasteiger partial charge on any atom is -0.466 e. The van der Waals surface area contributed by atoms with Gasteiger partial charge >= 0.3 is 11.9 Å². The highest BCUT2D eigenvalue weighted by molar-refractivity contribution is 5.73. The Hall–Kier alpha value is -1.10. The summed E-state index contributed by atoms with van der Waals surface area (Å²) in [5.41, 5.74) is 5.68. The molecule has 0 aliphatic rings. The van der Waals surface area contributed by atoms with E-state index in [-0.39, 0.29) is 24.8 Å². The Morgan fingerprint density at radius 3 is 1.67 bits per heavy atom. The van der Waals surface area contributed by atoms with Crippen molar-refractivity contribution >= 4 is 11.9 Å². The molecule has 0 rings (SSSR count). The van der Waals surface area contributed by atoms with Crippen LogP contribution in [-0.2, 0) is 19.1 Å². The van der Waals surface area contributed by atoms with Gasteiger partial charge in [0.2, 0.25) is 0 Å². The molecule has 0 fully saturated rings. The van der Waals surface area contributed by atoms with Crippen LogP contribution >= 0.6 is 0 Å². The van der Waals surface area contributed by atoms with Crippen LogP contribution in [0.15, 0.2) is 0 Å². The van der Waals surface area contributed by atoms with Crippen LogP contribution in [-0.4, -0.2) is 31.2 Å². The highest BCUT2D eigenvalue weighted by Gasteiger charge is 2.15. The average Bonchev–Trinajstić information content (AvgIpc) is 2.29. The molecule has 0 aliphatic heterocycles. The Kier molecular flexibility index (Phi) is 10.3. The van der Waals surface area contributed by atoms with Gasteiger partial charge in [0.1, 0.15) is 0 Å². The van der Waals surface area contributed by atoms with E-state index in [1.807, 2.05) is 13.8 Å². The molecule has 0 unspecified atom stereocenters. The van der Waals surface area contributed by atoms with Crippen molar-refractivity contribution in [1.29, 1.82) is 0 Å². The predicted octanol–water partition coefficient (Wildman–Crippen LogP) is 1.78. The molecule has 2 N–H and O–H groups in total. The fraction of sp³-hybridized carbons (Fsp3) is 0.846. The van der Waals surface area contributed by atoms with E-state index in [1.165, 1.54) is 0 Å². The lowest BCUT2D eigenvalue weighted by Crippen LogP contribution is -2.28. The summed E-state index contributed by atoms with van der Waals surface area (Å²) in [5, 5.41) is 0. The summed E-state index contributed by atoms with van der Waals surface area (Å²) < 4.78 is 9.92. The molecule has 0 bridgehead atoms. The molecule has 0 saturated carbocycles. The molecule has 0 aromatic rings. The van der Waals surface area contributed by atoms with E-state index in [1.54, 1.807) is 0 Å². The number of hydrogen-bond donors (Lipinski definition) is 1. The van der Waals surface area contributed by atoms with Gasteiger partial charge in [0.15, 0.2) is 0 Å². The van der Waals surface area contributed by atoms with E-state index in [0.29, 0.717) is 13.2 Å². The fourth-order valence-corrected chi connectivity index (χ4v) is 1.28. The average molecular weight is 259 g/mol. The Bertz CT molecular complexity index is 219. The molecule has 106 valence electrons. The van der Waals surface area contributed by atoms with Crippen LogP contribution in [0.3, 0.4) is 0 Å². The molecule has 0 atom stereocenters. The van der Waals surface area contributed by atoms with Crippen LogP contribution in [0.2, 0.25) is 0 Å². The van der Waals surface area contributed by atoms with E-state index in [0.717, 1.165) is 25.7 Å². The van der Waals surface area contributed by atoms with Gasteiger partial charge in [-0.1, -0.05) is 26.7 Å². The summed E-state index contributed by atoms with van der Waals surface area (Å²) >= 11 is 0. The number of nitrogens with two attached hydrogens (primary N) is 1. The normalized spacial score (nSPS) is 10.4. The lowest BCUT2D eigenvalue weighted by atomic mass is 10.1. The number of esters is 2. The van der Waals surface area contributed by atoms with Crippen molar-refractivity contribution in [2.24, 2.45) is 5.73 Å². The second kappa shape index (κ2) is 11.0. The molecule has 0 aliphatic carbocycles. The lowest BCUT2D eigenvalue weighted by molar-refractivity contribution is -0.146. The van der Waals surface area contributed by atoms with Gasteiger partial charge in [0.05, 0.1) is 26.1 Å². The Labute approximate surface area is 109 Å². The zero-order valence-corrected chi connectivity index (χ0v) is 11.4. The summed E-state index contributed by atoms with van der Waals surface area (Å²) in [7, 11) is 0. The molecule has 5 heteroatoms. The molecule has 0 amide bonds. The van der Waals surface area contributed by atoms with Crippen molar-refractivity contribution in [1.82, 2.24) is 0 Å². The first-order chi connectivity index (χ1) is 8.60. The van der Waals surface area contributed by atoms with E-state index in [4.69, 9.17) is 15.2 Å². The Morgan fingerprint density at radius 2 is 1.33 bits per heavy atom. The Balaban J connectivity index is 3.64. The number of rotatable bonds is 10. The van der Waals surface area contributed by atoms with Gasteiger partial charge in [0.25, 0.3) is 0 Å². The summed E-state index contributed by atoms with van der Waals surface area (Å²) in [4.78, 5) is 22.6. The third kappa shape index (κ3) is 10.1. The minimum atomic E-state index is -0.520. The van der Waals surface area contributed by atoms with Crippen molar-refractivity contribution in [2.75, 3.05) is 13.2 Å². The number of carbonyl (C=O) groups is 2. The van der Waals surface area contributed by atoms with Gasteiger partial charge in [-0.25, -0.2) is 0 Å².